The highest BCUT2D eigenvalue weighted by molar-refractivity contribution is 9.10. The number of amides is 1. The third kappa shape index (κ3) is 3.07. The average Bonchev–Trinajstić information content (AvgIpc) is 3.00. The van der Waals surface area contributed by atoms with Crippen molar-refractivity contribution >= 4 is 54.8 Å². The molecule has 0 fully saturated rings. The number of pyridine rings is 2. The van der Waals surface area contributed by atoms with E-state index in [4.69, 9.17) is 5.73 Å². The predicted molar refractivity (Wildman–Crippen MR) is 109 cm³/mol. The van der Waals surface area contributed by atoms with Crippen LogP contribution < -0.4 is 11.1 Å². The Kier molecular flexibility index (Phi) is 4.40. The van der Waals surface area contributed by atoms with Gasteiger partial charge in [0.25, 0.3) is 5.91 Å². The lowest BCUT2D eigenvalue weighted by atomic mass is 10.1. The van der Waals surface area contributed by atoms with Crippen molar-refractivity contribution in [1.29, 1.82) is 0 Å². The number of thiophene rings is 1. The van der Waals surface area contributed by atoms with Gasteiger partial charge in [-0.05, 0) is 52.3 Å². The molecule has 0 aliphatic heterocycles. The summed E-state index contributed by atoms with van der Waals surface area (Å²) in [6.07, 6.45) is 3.45. The monoisotopic (exact) mass is 424 g/mol. The van der Waals surface area contributed by atoms with Gasteiger partial charge in [0.2, 0.25) is 0 Å². The van der Waals surface area contributed by atoms with Gasteiger partial charge in [-0.3, -0.25) is 9.78 Å². The van der Waals surface area contributed by atoms with Crippen molar-refractivity contribution in [1.82, 2.24) is 9.97 Å². The Morgan fingerprint density at radius 3 is 2.62 bits per heavy atom. The van der Waals surface area contributed by atoms with Gasteiger partial charge >= 0.3 is 0 Å². The smallest absolute Gasteiger partial charge is 0.267 e. The van der Waals surface area contributed by atoms with Crippen LogP contribution in [0.3, 0.4) is 0 Å². The van der Waals surface area contributed by atoms with E-state index in [-0.39, 0.29) is 5.91 Å². The number of para-hydroxylation sites is 1. The van der Waals surface area contributed by atoms with Crippen molar-refractivity contribution in [2.45, 2.75) is 0 Å². The first-order valence-corrected chi connectivity index (χ1v) is 9.40. The number of carbonyl (C=O) groups excluding carboxylic acids is 1. The molecule has 5 nitrogen and oxygen atoms in total. The zero-order valence-corrected chi connectivity index (χ0v) is 15.8. The molecule has 26 heavy (non-hydrogen) atoms. The molecular weight excluding hydrogens is 412 g/mol. The number of carbonyl (C=O) groups is 1. The van der Waals surface area contributed by atoms with Gasteiger partial charge in [-0.15, -0.1) is 11.3 Å². The number of anilines is 2. The molecule has 0 aliphatic rings. The fraction of sp³-hybridized carbons (Fsp3) is 0. The summed E-state index contributed by atoms with van der Waals surface area (Å²) in [5.74, 6) is -0.247. The van der Waals surface area contributed by atoms with Crippen molar-refractivity contribution in [2.75, 3.05) is 11.1 Å². The number of nitrogens with one attached hydrogen (secondary N) is 1. The van der Waals surface area contributed by atoms with E-state index in [0.29, 0.717) is 16.3 Å². The number of aromatic nitrogens is 2. The third-order valence-corrected chi connectivity index (χ3v) is 5.70. The summed E-state index contributed by atoms with van der Waals surface area (Å²) in [6.45, 7) is 0. The molecule has 0 saturated heterocycles. The highest BCUT2D eigenvalue weighted by Crippen LogP contribution is 2.35. The number of rotatable bonds is 3. The molecule has 4 rings (SSSR count). The van der Waals surface area contributed by atoms with Crippen molar-refractivity contribution in [3.8, 4) is 11.3 Å². The maximum atomic E-state index is 12.7. The van der Waals surface area contributed by atoms with Gasteiger partial charge in [0.15, 0.2) is 0 Å². The van der Waals surface area contributed by atoms with Crippen LogP contribution in [0.4, 0.5) is 11.4 Å². The lowest BCUT2D eigenvalue weighted by molar-refractivity contribution is 0.103. The molecule has 1 aromatic carbocycles. The Morgan fingerprint density at radius 2 is 1.85 bits per heavy atom. The number of halogens is 1. The number of nitrogen functional groups attached to an aromatic ring is 1. The van der Waals surface area contributed by atoms with Crippen LogP contribution >= 0.6 is 27.3 Å². The summed E-state index contributed by atoms with van der Waals surface area (Å²) < 4.78 is 0.811. The van der Waals surface area contributed by atoms with E-state index in [1.165, 1.54) is 11.3 Å². The molecule has 0 bridgehead atoms. The molecule has 0 spiro atoms. The first kappa shape index (κ1) is 16.7. The lowest BCUT2D eigenvalue weighted by Crippen LogP contribution is -2.12. The number of hydrogen-bond donors (Lipinski definition) is 2. The zero-order chi connectivity index (χ0) is 18.1. The average molecular weight is 425 g/mol. The molecule has 4 aromatic rings. The van der Waals surface area contributed by atoms with Crippen molar-refractivity contribution in [3.63, 3.8) is 0 Å². The second-order valence-electron chi connectivity index (χ2n) is 5.56. The second kappa shape index (κ2) is 6.86. The molecule has 0 radical (unpaired) electrons. The van der Waals surface area contributed by atoms with E-state index < -0.39 is 0 Å². The maximum Gasteiger partial charge on any atom is 0.267 e. The first-order valence-electron chi connectivity index (χ1n) is 7.79. The van der Waals surface area contributed by atoms with Gasteiger partial charge in [-0.25, -0.2) is 4.98 Å². The summed E-state index contributed by atoms with van der Waals surface area (Å²) in [5, 5.41) is 3.67. The van der Waals surface area contributed by atoms with Crippen LogP contribution in [0.25, 0.3) is 21.5 Å². The molecule has 0 atom stereocenters. The Bertz CT molecular complexity index is 1110. The van der Waals surface area contributed by atoms with Gasteiger partial charge in [-0.2, -0.15) is 0 Å². The molecule has 0 unspecified atom stereocenters. The van der Waals surface area contributed by atoms with Crippen LogP contribution in [0, 0.1) is 0 Å². The summed E-state index contributed by atoms with van der Waals surface area (Å²) in [4.78, 5) is 22.5. The Labute approximate surface area is 162 Å². The van der Waals surface area contributed by atoms with Crippen molar-refractivity contribution in [2.24, 2.45) is 0 Å². The van der Waals surface area contributed by atoms with Gasteiger partial charge < -0.3 is 11.1 Å². The topological polar surface area (TPSA) is 80.9 Å². The summed E-state index contributed by atoms with van der Waals surface area (Å²) in [7, 11) is 0. The molecule has 128 valence electrons. The third-order valence-electron chi connectivity index (χ3n) is 3.90. The molecule has 0 aliphatic carbocycles. The number of fused-ring (bicyclic) bond motifs is 1. The fourth-order valence-corrected chi connectivity index (χ4v) is 3.96. The van der Waals surface area contributed by atoms with Crippen molar-refractivity contribution < 1.29 is 4.79 Å². The van der Waals surface area contributed by atoms with Crippen LogP contribution in [-0.2, 0) is 0 Å². The van der Waals surface area contributed by atoms with E-state index in [9.17, 15) is 4.79 Å². The molecule has 3 N–H and O–H groups in total. The largest absolute Gasteiger partial charge is 0.397 e. The molecule has 7 heteroatoms. The molecule has 3 heterocycles. The van der Waals surface area contributed by atoms with E-state index in [1.807, 2.05) is 48.5 Å². The number of hydrogen-bond acceptors (Lipinski definition) is 5. The number of nitrogens with two attached hydrogens (primary N) is 1. The van der Waals surface area contributed by atoms with Gasteiger partial charge in [0.05, 0.1) is 17.1 Å². The van der Waals surface area contributed by atoms with Crippen LogP contribution in [0.1, 0.15) is 9.67 Å². The minimum absolute atomic E-state index is 0.247. The zero-order valence-electron chi connectivity index (χ0n) is 13.4. The SMILES string of the molecule is Nc1c(C(=O)Nc2ccccc2Br)sc2nc(-c3ccncc3)ccc12. The van der Waals surface area contributed by atoms with Crippen LogP contribution in [-0.4, -0.2) is 15.9 Å². The van der Waals surface area contributed by atoms with E-state index in [0.717, 1.165) is 25.9 Å². The minimum atomic E-state index is -0.247. The van der Waals surface area contributed by atoms with Crippen LogP contribution in [0.5, 0.6) is 0 Å². The van der Waals surface area contributed by atoms with Gasteiger partial charge in [0.1, 0.15) is 9.71 Å². The molecule has 1 amide bonds. The Balaban J connectivity index is 1.71. The number of nitrogens with zero attached hydrogens (tertiary/aromatic N) is 2. The molecular formula is C19H13BrN4OS. The molecule has 3 aromatic heterocycles. The highest BCUT2D eigenvalue weighted by Gasteiger charge is 2.18. The van der Waals surface area contributed by atoms with Crippen molar-refractivity contribution in [3.05, 3.63) is 70.3 Å². The molecule has 0 saturated carbocycles. The standard InChI is InChI=1S/C19H13BrN4OS/c20-13-3-1-2-4-15(13)23-18(25)17-16(21)12-5-6-14(24-19(12)26-17)11-7-9-22-10-8-11/h1-10H,21H2,(H,23,25). The summed E-state index contributed by atoms with van der Waals surface area (Å²) in [6, 6.07) is 15.0. The van der Waals surface area contributed by atoms with Crippen LogP contribution in [0.15, 0.2) is 65.4 Å². The lowest BCUT2D eigenvalue weighted by Gasteiger charge is -2.06. The fourth-order valence-electron chi connectivity index (χ4n) is 2.59. The quantitative estimate of drug-likeness (QED) is 0.487. The maximum absolute atomic E-state index is 12.7. The van der Waals surface area contributed by atoms with E-state index in [1.54, 1.807) is 12.4 Å². The minimum Gasteiger partial charge on any atom is -0.397 e. The second-order valence-corrected chi connectivity index (χ2v) is 7.42. The summed E-state index contributed by atoms with van der Waals surface area (Å²) in [5.41, 5.74) is 9.13. The Morgan fingerprint density at radius 1 is 1.08 bits per heavy atom. The van der Waals surface area contributed by atoms with Crippen LogP contribution in [0.2, 0.25) is 0 Å². The Hall–Kier alpha value is -2.77. The van der Waals surface area contributed by atoms with E-state index in [2.05, 4.69) is 31.2 Å². The number of benzene rings is 1. The van der Waals surface area contributed by atoms with Gasteiger partial charge in [0, 0.05) is 27.8 Å². The van der Waals surface area contributed by atoms with Gasteiger partial charge in [-0.1, -0.05) is 12.1 Å². The normalized spacial score (nSPS) is 10.8. The highest BCUT2D eigenvalue weighted by atomic mass is 79.9. The predicted octanol–water partition coefficient (Wildman–Crippen LogP) is 4.96. The first-order chi connectivity index (χ1) is 12.6. The van der Waals surface area contributed by atoms with E-state index >= 15 is 0 Å². The summed E-state index contributed by atoms with van der Waals surface area (Å²) >= 11 is 4.71.